The van der Waals surface area contributed by atoms with Crippen LogP contribution in [0.3, 0.4) is 0 Å². The average molecular weight is 306 g/mol. The van der Waals surface area contributed by atoms with Crippen molar-refractivity contribution < 1.29 is 23.1 Å². The van der Waals surface area contributed by atoms with Gasteiger partial charge < -0.3 is 10.4 Å². The first-order valence-electron chi connectivity index (χ1n) is 6.82. The molecule has 1 fully saturated rings. The highest BCUT2D eigenvalue weighted by molar-refractivity contribution is 7.89. The maximum Gasteiger partial charge on any atom is 0.325 e. The van der Waals surface area contributed by atoms with E-state index in [1.54, 1.807) is 0 Å². The number of rotatable bonds is 7. The number of amides is 1. The van der Waals surface area contributed by atoms with Crippen molar-refractivity contribution in [3.05, 3.63) is 0 Å². The molecule has 116 valence electrons. The molecule has 1 aliphatic heterocycles. The molecule has 1 amide bonds. The number of hydrogen-bond donors (Lipinski definition) is 2. The molecule has 7 nitrogen and oxygen atoms in total. The van der Waals surface area contributed by atoms with Crippen LogP contribution in [0, 0.1) is 0 Å². The topological polar surface area (TPSA) is 104 Å². The lowest BCUT2D eigenvalue weighted by Crippen LogP contribution is -2.50. The van der Waals surface area contributed by atoms with Crippen molar-refractivity contribution in [3.8, 4) is 0 Å². The monoisotopic (exact) mass is 306 g/mol. The van der Waals surface area contributed by atoms with Gasteiger partial charge in [-0.15, -0.1) is 0 Å². The third kappa shape index (κ3) is 4.17. The van der Waals surface area contributed by atoms with Gasteiger partial charge in [-0.1, -0.05) is 13.3 Å². The Kier molecular flexibility index (Phi) is 5.94. The van der Waals surface area contributed by atoms with Gasteiger partial charge in [-0.3, -0.25) is 9.59 Å². The standard InChI is InChI=1S/C12H22N2O5S/c1-3-4-8-20(18,19)14-7-5-6-10(14)11(15)13-9(2)12(16)17/h9-10H,3-8H2,1-2H3,(H,13,15)(H,16,17)/t9-,10?/m0/s1. The number of hydrogen-bond acceptors (Lipinski definition) is 4. The van der Waals surface area contributed by atoms with E-state index in [4.69, 9.17) is 5.11 Å². The van der Waals surface area contributed by atoms with Crippen LogP contribution in [0.15, 0.2) is 0 Å². The Labute approximate surface area is 119 Å². The lowest BCUT2D eigenvalue weighted by atomic mass is 10.2. The Morgan fingerprint density at radius 3 is 2.65 bits per heavy atom. The highest BCUT2D eigenvalue weighted by Gasteiger charge is 2.38. The second-order valence-electron chi connectivity index (χ2n) is 5.01. The van der Waals surface area contributed by atoms with Crippen LogP contribution in [-0.2, 0) is 19.6 Å². The summed E-state index contributed by atoms with van der Waals surface area (Å²) < 4.78 is 25.5. The van der Waals surface area contributed by atoms with Crippen LogP contribution in [0.5, 0.6) is 0 Å². The molecule has 1 heterocycles. The van der Waals surface area contributed by atoms with Gasteiger partial charge in [0.2, 0.25) is 15.9 Å². The molecule has 0 aromatic heterocycles. The Bertz CT molecular complexity index is 462. The Morgan fingerprint density at radius 2 is 2.10 bits per heavy atom. The van der Waals surface area contributed by atoms with Gasteiger partial charge >= 0.3 is 5.97 Å². The average Bonchev–Trinajstić information content (AvgIpc) is 2.86. The zero-order valence-corrected chi connectivity index (χ0v) is 12.6. The second kappa shape index (κ2) is 7.03. The molecule has 1 aliphatic rings. The molecule has 1 unspecified atom stereocenters. The van der Waals surface area contributed by atoms with E-state index in [1.807, 2.05) is 6.92 Å². The molecule has 20 heavy (non-hydrogen) atoms. The smallest absolute Gasteiger partial charge is 0.325 e. The number of carbonyl (C=O) groups is 2. The molecule has 1 saturated heterocycles. The molecule has 1 rings (SSSR count). The largest absolute Gasteiger partial charge is 0.480 e. The molecule has 0 saturated carbocycles. The number of nitrogens with one attached hydrogen (secondary N) is 1. The molecule has 2 atom stereocenters. The summed E-state index contributed by atoms with van der Waals surface area (Å²) in [6, 6.07) is -1.80. The summed E-state index contributed by atoms with van der Waals surface area (Å²) in [4.78, 5) is 22.7. The SMILES string of the molecule is CCCCS(=O)(=O)N1CCCC1C(=O)N[C@@H](C)C(=O)O. The summed E-state index contributed by atoms with van der Waals surface area (Å²) in [5, 5.41) is 11.1. The fraction of sp³-hybridized carbons (Fsp3) is 0.833. The first-order chi connectivity index (χ1) is 9.29. The van der Waals surface area contributed by atoms with Crippen LogP contribution >= 0.6 is 0 Å². The minimum Gasteiger partial charge on any atom is -0.480 e. The molecule has 8 heteroatoms. The summed E-state index contributed by atoms with van der Waals surface area (Å²) in [6.45, 7) is 3.58. The van der Waals surface area contributed by atoms with E-state index in [0.717, 1.165) is 6.42 Å². The molecule has 2 N–H and O–H groups in total. The van der Waals surface area contributed by atoms with E-state index in [1.165, 1.54) is 11.2 Å². The first kappa shape index (κ1) is 16.9. The highest BCUT2D eigenvalue weighted by atomic mass is 32.2. The Hall–Kier alpha value is -1.15. The quantitative estimate of drug-likeness (QED) is 0.698. The lowest BCUT2D eigenvalue weighted by molar-refractivity contribution is -0.141. The number of carbonyl (C=O) groups excluding carboxylic acids is 1. The molecule has 0 spiro atoms. The van der Waals surface area contributed by atoms with Gasteiger partial charge in [-0.05, 0) is 26.2 Å². The molecule has 0 aromatic rings. The van der Waals surface area contributed by atoms with Crippen molar-refractivity contribution in [3.63, 3.8) is 0 Å². The van der Waals surface area contributed by atoms with Gasteiger partial charge in [-0.25, -0.2) is 8.42 Å². The van der Waals surface area contributed by atoms with E-state index in [0.29, 0.717) is 25.8 Å². The zero-order valence-electron chi connectivity index (χ0n) is 11.8. The fourth-order valence-electron chi connectivity index (χ4n) is 2.15. The number of sulfonamides is 1. The van der Waals surface area contributed by atoms with Crippen molar-refractivity contribution in [2.75, 3.05) is 12.3 Å². The van der Waals surface area contributed by atoms with Gasteiger partial charge in [-0.2, -0.15) is 4.31 Å². The summed E-state index contributed by atoms with van der Waals surface area (Å²) in [5.74, 6) is -1.64. The van der Waals surface area contributed by atoms with Crippen LogP contribution in [0.25, 0.3) is 0 Å². The zero-order chi connectivity index (χ0) is 15.3. The van der Waals surface area contributed by atoms with Crippen molar-refractivity contribution in [2.24, 2.45) is 0 Å². The summed E-state index contributed by atoms with van der Waals surface area (Å²) in [7, 11) is -3.45. The first-order valence-corrected chi connectivity index (χ1v) is 8.43. The van der Waals surface area contributed by atoms with Crippen LogP contribution < -0.4 is 5.32 Å². The summed E-state index contributed by atoms with van der Waals surface area (Å²) >= 11 is 0. The van der Waals surface area contributed by atoms with Crippen LogP contribution in [0.1, 0.15) is 39.5 Å². The lowest BCUT2D eigenvalue weighted by Gasteiger charge is -2.24. The predicted molar refractivity (Wildman–Crippen MR) is 73.7 cm³/mol. The van der Waals surface area contributed by atoms with E-state index >= 15 is 0 Å². The normalized spacial score (nSPS) is 21.6. The predicted octanol–water partition coefficient (Wildman–Crippen LogP) is 0.170. The molecule has 0 aliphatic carbocycles. The van der Waals surface area contributed by atoms with Gasteiger partial charge in [0.05, 0.1) is 5.75 Å². The Morgan fingerprint density at radius 1 is 1.45 bits per heavy atom. The molecule has 0 radical (unpaired) electrons. The number of carboxylic acid groups (broad SMARTS) is 1. The van der Waals surface area contributed by atoms with Crippen molar-refractivity contribution >= 4 is 21.9 Å². The summed E-state index contributed by atoms with van der Waals surface area (Å²) in [5.41, 5.74) is 0. The van der Waals surface area contributed by atoms with E-state index in [9.17, 15) is 18.0 Å². The van der Waals surface area contributed by atoms with Gasteiger partial charge in [0, 0.05) is 6.54 Å². The number of unbranched alkanes of at least 4 members (excludes halogenated alkanes) is 1. The maximum atomic E-state index is 12.2. The van der Waals surface area contributed by atoms with Gasteiger partial charge in [0.1, 0.15) is 12.1 Å². The van der Waals surface area contributed by atoms with Crippen LogP contribution in [0.4, 0.5) is 0 Å². The fourth-order valence-corrected chi connectivity index (χ4v) is 4.03. The number of carboxylic acids is 1. The van der Waals surface area contributed by atoms with Crippen molar-refractivity contribution in [1.82, 2.24) is 9.62 Å². The highest BCUT2D eigenvalue weighted by Crippen LogP contribution is 2.22. The Balaban J connectivity index is 2.74. The molecule has 0 aromatic carbocycles. The molecule has 0 bridgehead atoms. The van der Waals surface area contributed by atoms with E-state index < -0.39 is 34.0 Å². The van der Waals surface area contributed by atoms with Crippen LogP contribution in [0.2, 0.25) is 0 Å². The van der Waals surface area contributed by atoms with Crippen molar-refractivity contribution in [2.45, 2.75) is 51.6 Å². The summed E-state index contributed by atoms with van der Waals surface area (Å²) in [6.07, 6.45) is 2.37. The third-order valence-electron chi connectivity index (χ3n) is 3.35. The third-order valence-corrected chi connectivity index (χ3v) is 5.30. The van der Waals surface area contributed by atoms with Crippen molar-refractivity contribution in [1.29, 1.82) is 0 Å². The number of nitrogens with zero attached hydrogens (tertiary/aromatic N) is 1. The number of aliphatic carboxylic acids is 1. The second-order valence-corrected chi connectivity index (χ2v) is 7.05. The van der Waals surface area contributed by atoms with Gasteiger partial charge in [0.25, 0.3) is 0 Å². The minimum atomic E-state index is -3.45. The minimum absolute atomic E-state index is 0.0295. The van der Waals surface area contributed by atoms with Crippen LogP contribution in [-0.4, -0.2) is 54.1 Å². The van der Waals surface area contributed by atoms with E-state index in [-0.39, 0.29) is 5.75 Å². The molecular weight excluding hydrogens is 284 g/mol. The molecular formula is C12H22N2O5S. The van der Waals surface area contributed by atoms with E-state index in [2.05, 4.69) is 5.32 Å². The van der Waals surface area contributed by atoms with Gasteiger partial charge in [0.15, 0.2) is 0 Å². The maximum absolute atomic E-state index is 12.2.